The third-order valence-corrected chi connectivity index (χ3v) is 5.27. The Balaban J connectivity index is 3.39. The van der Waals surface area contributed by atoms with Crippen LogP contribution in [0.1, 0.15) is 78.9 Å². The van der Waals surface area contributed by atoms with Crippen LogP contribution >= 0.6 is 0 Å². The summed E-state index contributed by atoms with van der Waals surface area (Å²) in [7, 11) is 0. The van der Waals surface area contributed by atoms with E-state index < -0.39 is 0 Å². The fourth-order valence-corrected chi connectivity index (χ4v) is 3.19. The third kappa shape index (κ3) is 7.08. The Morgan fingerprint density at radius 1 is 1.13 bits per heavy atom. The topological polar surface area (TPSA) is 50.4 Å². The number of rotatable bonds is 11. The molecular weight excluding hydrogens is 372 g/mol. The highest BCUT2D eigenvalue weighted by Crippen LogP contribution is 2.29. The van der Waals surface area contributed by atoms with Gasteiger partial charge in [-0.15, -0.1) is 0 Å². The molecule has 0 fully saturated rings. The van der Waals surface area contributed by atoms with Gasteiger partial charge < -0.3 is 15.4 Å². The van der Waals surface area contributed by atoms with Crippen LogP contribution in [0.4, 0.5) is 0 Å². The van der Waals surface area contributed by atoms with Gasteiger partial charge in [0.25, 0.3) is 5.91 Å². The molecule has 2 N–H and O–H groups in total. The predicted molar refractivity (Wildman–Crippen MR) is 128 cm³/mol. The van der Waals surface area contributed by atoms with E-state index >= 15 is 0 Å². The van der Waals surface area contributed by atoms with Crippen molar-refractivity contribution in [2.45, 2.75) is 74.7 Å². The van der Waals surface area contributed by atoms with E-state index in [4.69, 9.17) is 4.74 Å². The lowest BCUT2D eigenvalue weighted by Crippen LogP contribution is -2.33. The molecule has 0 aromatic heterocycles. The maximum Gasteiger partial charge on any atom is 0.272 e. The zero-order valence-corrected chi connectivity index (χ0v) is 20.2. The van der Waals surface area contributed by atoms with Crippen molar-refractivity contribution >= 4 is 11.6 Å². The normalized spacial score (nSPS) is 12.5. The second-order valence-electron chi connectivity index (χ2n) is 8.11. The van der Waals surface area contributed by atoms with Crippen LogP contribution in [-0.2, 0) is 4.79 Å². The first-order chi connectivity index (χ1) is 14.2. The van der Waals surface area contributed by atoms with E-state index in [0.29, 0.717) is 18.2 Å². The summed E-state index contributed by atoms with van der Waals surface area (Å²) < 4.78 is 5.84. The van der Waals surface area contributed by atoms with Crippen molar-refractivity contribution < 1.29 is 9.53 Å². The Morgan fingerprint density at radius 2 is 1.80 bits per heavy atom. The molecule has 0 aliphatic rings. The van der Waals surface area contributed by atoms with E-state index in [9.17, 15) is 4.79 Å². The molecule has 0 aliphatic heterocycles. The quantitative estimate of drug-likeness (QED) is 0.409. The summed E-state index contributed by atoms with van der Waals surface area (Å²) in [4.78, 5) is 13.4. The SMILES string of the molecule is C=C(CCC)N/C(C(=O)NC(=C(C)C)c1cc(C)ccc1OCC)=C(/C)C(C)CC. The van der Waals surface area contributed by atoms with Crippen LogP contribution in [0.3, 0.4) is 0 Å². The summed E-state index contributed by atoms with van der Waals surface area (Å²) in [6.07, 6.45) is 2.77. The van der Waals surface area contributed by atoms with Crippen molar-refractivity contribution in [2.75, 3.05) is 6.61 Å². The van der Waals surface area contributed by atoms with Gasteiger partial charge in [-0.1, -0.05) is 51.0 Å². The number of allylic oxidation sites excluding steroid dienone is 3. The summed E-state index contributed by atoms with van der Waals surface area (Å²) in [5.74, 6) is 0.915. The van der Waals surface area contributed by atoms with Gasteiger partial charge >= 0.3 is 0 Å². The van der Waals surface area contributed by atoms with Crippen LogP contribution in [0.25, 0.3) is 5.70 Å². The number of ether oxygens (including phenoxy) is 1. The van der Waals surface area contributed by atoms with Crippen molar-refractivity contribution in [3.8, 4) is 5.75 Å². The fourth-order valence-electron chi connectivity index (χ4n) is 3.19. The monoisotopic (exact) mass is 412 g/mol. The van der Waals surface area contributed by atoms with Crippen LogP contribution < -0.4 is 15.4 Å². The lowest BCUT2D eigenvalue weighted by atomic mass is 9.97. The first-order valence-electron chi connectivity index (χ1n) is 11.0. The van der Waals surface area contributed by atoms with E-state index in [1.807, 2.05) is 46.8 Å². The number of nitrogens with one attached hydrogen (secondary N) is 2. The van der Waals surface area contributed by atoms with Gasteiger partial charge in [-0.2, -0.15) is 0 Å². The van der Waals surface area contributed by atoms with E-state index in [1.165, 1.54) is 0 Å². The van der Waals surface area contributed by atoms with Crippen LogP contribution in [0.15, 0.2) is 47.3 Å². The van der Waals surface area contributed by atoms with Crippen molar-refractivity contribution in [3.05, 3.63) is 58.4 Å². The Bertz CT molecular complexity index is 814. The van der Waals surface area contributed by atoms with Crippen LogP contribution in [0.2, 0.25) is 0 Å². The van der Waals surface area contributed by atoms with Gasteiger partial charge in [-0.25, -0.2) is 0 Å². The third-order valence-electron chi connectivity index (χ3n) is 5.27. The van der Waals surface area contributed by atoms with E-state index in [0.717, 1.165) is 58.7 Å². The molecular formula is C26H40N2O2. The fraction of sp³-hybridized carbons (Fsp3) is 0.500. The molecule has 1 atom stereocenters. The standard InChI is InChI=1S/C26H40N2O2/c1-10-13-20(8)27-25(21(9)19(7)11-2)26(29)28-24(17(4)5)22-16-18(6)14-15-23(22)30-12-3/h14-16,19,27H,8,10-13H2,1-7,9H3,(H,28,29)/b25-21-. The maximum atomic E-state index is 13.4. The highest BCUT2D eigenvalue weighted by molar-refractivity contribution is 6.00. The molecule has 4 nitrogen and oxygen atoms in total. The van der Waals surface area contributed by atoms with Crippen molar-refractivity contribution in [3.63, 3.8) is 0 Å². The van der Waals surface area contributed by atoms with Gasteiger partial charge in [-0.05, 0) is 71.1 Å². The first kappa shape index (κ1) is 25.5. The van der Waals surface area contributed by atoms with Gasteiger partial charge in [0.15, 0.2) is 0 Å². The zero-order valence-electron chi connectivity index (χ0n) is 20.2. The summed E-state index contributed by atoms with van der Waals surface area (Å²) >= 11 is 0. The molecule has 4 heteroatoms. The molecule has 0 radical (unpaired) electrons. The highest BCUT2D eigenvalue weighted by atomic mass is 16.5. The number of hydrogen-bond donors (Lipinski definition) is 2. The average Bonchev–Trinajstić information content (AvgIpc) is 2.70. The second kappa shape index (κ2) is 12.3. The Morgan fingerprint density at radius 3 is 2.33 bits per heavy atom. The number of hydrogen-bond acceptors (Lipinski definition) is 3. The van der Waals surface area contributed by atoms with E-state index in [2.05, 4.69) is 44.1 Å². The molecule has 166 valence electrons. The molecule has 0 aliphatic carbocycles. The molecule has 0 heterocycles. The van der Waals surface area contributed by atoms with E-state index in [1.54, 1.807) is 0 Å². The average molecular weight is 413 g/mol. The number of carbonyl (C=O) groups is 1. The lowest BCUT2D eigenvalue weighted by molar-refractivity contribution is -0.116. The minimum atomic E-state index is -0.148. The van der Waals surface area contributed by atoms with Gasteiger partial charge in [-0.3, -0.25) is 4.79 Å². The summed E-state index contributed by atoms with van der Waals surface area (Å²) in [5.41, 5.74) is 6.30. The van der Waals surface area contributed by atoms with E-state index in [-0.39, 0.29) is 5.91 Å². The highest BCUT2D eigenvalue weighted by Gasteiger charge is 2.20. The Hall–Kier alpha value is -2.49. The predicted octanol–water partition coefficient (Wildman–Crippen LogP) is 6.48. The summed E-state index contributed by atoms with van der Waals surface area (Å²) in [6.45, 7) is 21.1. The van der Waals surface area contributed by atoms with Crippen molar-refractivity contribution in [2.24, 2.45) is 5.92 Å². The maximum absolute atomic E-state index is 13.4. The lowest BCUT2D eigenvalue weighted by Gasteiger charge is -2.22. The summed E-state index contributed by atoms with van der Waals surface area (Å²) in [5, 5.41) is 6.46. The molecule has 0 spiro atoms. The van der Waals surface area contributed by atoms with Gasteiger partial charge in [0.1, 0.15) is 11.4 Å². The first-order valence-corrected chi connectivity index (χ1v) is 11.0. The minimum Gasteiger partial charge on any atom is -0.493 e. The Kier molecular flexibility index (Phi) is 10.4. The van der Waals surface area contributed by atoms with Gasteiger partial charge in [0, 0.05) is 11.3 Å². The van der Waals surface area contributed by atoms with Gasteiger partial charge in [0.05, 0.1) is 12.3 Å². The molecule has 30 heavy (non-hydrogen) atoms. The van der Waals surface area contributed by atoms with Crippen LogP contribution in [0.5, 0.6) is 5.75 Å². The number of benzene rings is 1. The van der Waals surface area contributed by atoms with Crippen LogP contribution in [-0.4, -0.2) is 12.5 Å². The molecule has 1 aromatic carbocycles. The largest absolute Gasteiger partial charge is 0.493 e. The Labute approximate surface area is 183 Å². The molecule has 1 aromatic rings. The molecule has 1 unspecified atom stereocenters. The molecule has 0 saturated carbocycles. The zero-order chi connectivity index (χ0) is 22.8. The number of amides is 1. The second-order valence-corrected chi connectivity index (χ2v) is 8.11. The van der Waals surface area contributed by atoms with Gasteiger partial charge in [0.2, 0.25) is 0 Å². The van der Waals surface area contributed by atoms with Crippen LogP contribution in [0, 0.1) is 12.8 Å². The molecule has 1 rings (SSSR count). The number of carbonyl (C=O) groups excluding carboxylic acids is 1. The molecule has 1 amide bonds. The summed E-state index contributed by atoms with van der Waals surface area (Å²) in [6, 6.07) is 6.04. The van der Waals surface area contributed by atoms with Crippen molar-refractivity contribution in [1.29, 1.82) is 0 Å². The van der Waals surface area contributed by atoms with Crippen molar-refractivity contribution in [1.82, 2.24) is 10.6 Å². The molecule has 0 bridgehead atoms. The number of aryl methyl sites for hydroxylation is 1. The molecule has 0 saturated heterocycles. The minimum absolute atomic E-state index is 0.148. The smallest absolute Gasteiger partial charge is 0.272 e.